The third kappa shape index (κ3) is 4.25. The summed E-state index contributed by atoms with van der Waals surface area (Å²) in [5, 5.41) is 7.92. The Labute approximate surface area is 36.6 Å². The largest absolute Gasteiger partial charge is 0.395 e. The molecule has 0 aliphatic carbocycles. The molecule has 0 aromatic rings. The fourth-order valence-corrected chi connectivity index (χ4v) is 0. The highest BCUT2D eigenvalue weighted by molar-refractivity contribution is 6.20. The van der Waals surface area contributed by atoms with Crippen molar-refractivity contribution >= 4 is 11.6 Å². The summed E-state index contributed by atoms with van der Waals surface area (Å²) in [5.74, 6) is 0. The van der Waals surface area contributed by atoms with Gasteiger partial charge in [0.05, 0.1) is 12.0 Å². The molecule has 0 rings (SSSR count). The van der Waals surface area contributed by atoms with Crippen LogP contribution >= 0.6 is 11.6 Å². The zero-order valence-electron chi connectivity index (χ0n) is 3.11. The number of aliphatic hydroxyl groups is 1. The maximum absolute atomic E-state index is 8.01. The van der Waals surface area contributed by atoms with E-state index in [4.69, 9.17) is 16.7 Å². The van der Waals surface area contributed by atoms with E-state index < -0.39 is 0 Å². The van der Waals surface area contributed by atoms with Crippen molar-refractivity contribution in [2.24, 2.45) is 0 Å². The van der Waals surface area contributed by atoms with Gasteiger partial charge in [-0.2, -0.15) is 0 Å². The molecule has 0 aliphatic rings. The van der Waals surface area contributed by atoms with Crippen molar-refractivity contribution in [3.05, 3.63) is 0 Å². The van der Waals surface area contributed by atoms with Gasteiger partial charge in [0.25, 0.3) is 0 Å². The van der Waals surface area contributed by atoms with Crippen molar-refractivity contribution in [1.82, 2.24) is 0 Å². The molecule has 0 fully saturated rings. The van der Waals surface area contributed by atoms with Gasteiger partial charge in [-0.15, -0.1) is 11.6 Å². The molecule has 5 heavy (non-hydrogen) atoms. The molecule has 0 aromatic carbocycles. The molecule has 1 atom stereocenters. The molecule has 0 aliphatic heterocycles. The van der Waals surface area contributed by atoms with E-state index in [0.29, 0.717) is 0 Å². The van der Waals surface area contributed by atoms with Crippen LogP contribution in [0.2, 0.25) is 0 Å². The van der Waals surface area contributed by atoms with Gasteiger partial charge in [-0.1, -0.05) is 0 Å². The Morgan fingerprint density at radius 1 is 2.00 bits per heavy atom. The van der Waals surface area contributed by atoms with Crippen LogP contribution in [0.25, 0.3) is 0 Å². The van der Waals surface area contributed by atoms with Gasteiger partial charge in [0.1, 0.15) is 0 Å². The Balaban J connectivity index is 2.54. The molecule has 0 radical (unpaired) electrons. The van der Waals surface area contributed by atoms with Gasteiger partial charge in [0.2, 0.25) is 0 Å². The van der Waals surface area contributed by atoms with Crippen LogP contribution in [0.4, 0.5) is 0 Å². The van der Waals surface area contributed by atoms with E-state index in [1.807, 2.05) is 0 Å². The summed E-state index contributed by atoms with van der Waals surface area (Å²) in [6, 6.07) is 0. The molecular formula is C3H7ClO. The smallest absolute Gasteiger partial charge is 0.0592 e. The molecule has 0 unspecified atom stereocenters. The third-order valence-electron chi connectivity index (χ3n) is 0.252. The Bertz CT molecular complexity index is 20.9. The predicted octanol–water partition coefficient (Wildman–Crippen LogP) is 0.606. The first-order valence-corrected chi connectivity index (χ1v) is 1.96. The first kappa shape index (κ1) is 5.25. The van der Waals surface area contributed by atoms with Gasteiger partial charge in [-0.05, 0) is 6.92 Å². The number of halogens is 1. The molecule has 1 N–H and O–H groups in total. The van der Waals surface area contributed by atoms with Gasteiger partial charge < -0.3 is 5.11 Å². The van der Waals surface area contributed by atoms with Crippen molar-refractivity contribution in [2.75, 3.05) is 6.61 Å². The van der Waals surface area contributed by atoms with Gasteiger partial charge in [0.15, 0.2) is 0 Å². The second kappa shape index (κ2) is 2.49. The van der Waals surface area contributed by atoms with Crippen molar-refractivity contribution in [3.8, 4) is 0 Å². The second-order valence-electron chi connectivity index (χ2n) is 0.963. The van der Waals surface area contributed by atoms with Crippen LogP contribution in [0.15, 0.2) is 0 Å². The lowest BCUT2D eigenvalue weighted by Crippen LogP contribution is -1.94. The third-order valence-corrected chi connectivity index (χ3v) is 0.390. The monoisotopic (exact) mass is 94.0 g/mol. The first-order valence-electron chi connectivity index (χ1n) is 1.52. The molecule has 0 saturated heterocycles. The van der Waals surface area contributed by atoms with Crippen LogP contribution < -0.4 is 0 Å². The number of hydrogen-bond acceptors (Lipinski definition) is 1. The molecule has 0 spiro atoms. The quantitative estimate of drug-likeness (QED) is 0.472. The normalized spacial score (nSPS) is 15.0. The van der Waals surface area contributed by atoms with E-state index >= 15 is 0 Å². The van der Waals surface area contributed by atoms with E-state index in [2.05, 4.69) is 0 Å². The SMILES string of the molecule is C[C@@H](Cl)CO. The van der Waals surface area contributed by atoms with Crippen LogP contribution in [-0.4, -0.2) is 17.1 Å². The minimum absolute atomic E-state index is 0.0710. The molecule has 1 nitrogen and oxygen atoms in total. The minimum atomic E-state index is -0.0880. The van der Waals surface area contributed by atoms with E-state index in [1.165, 1.54) is 0 Å². The molecule has 0 bridgehead atoms. The molecule has 0 amide bonds. The summed E-state index contributed by atoms with van der Waals surface area (Å²) in [5.41, 5.74) is 0. The zero-order valence-corrected chi connectivity index (χ0v) is 3.87. The second-order valence-corrected chi connectivity index (χ2v) is 1.71. The number of alkyl halides is 1. The summed E-state index contributed by atoms with van der Waals surface area (Å²) in [7, 11) is 0. The summed E-state index contributed by atoms with van der Waals surface area (Å²) < 4.78 is 0. The Morgan fingerprint density at radius 2 is 2.20 bits per heavy atom. The lowest BCUT2D eigenvalue weighted by atomic mass is 10.5. The highest BCUT2D eigenvalue weighted by Gasteiger charge is 1.84. The standard InChI is InChI=1S/C3H7ClO/c1-3(4)2-5/h3,5H,2H2,1H3/t3-/m1/s1. The van der Waals surface area contributed by atoms with Crippen molar-refractivity contribution in [3.63, 3.8) is 0 Å². The fraction of sp³-hybridized carbons (Fsp3) is 1.00. The van der Waals surface area contributed by atoms with Crippen molar-refractivity contribution < 1.29 is 5.11 Å². The Hall–Kier alpha value is 0.250. The number of rotatable bonds is 1. The van der Waals surface area contributed by atoms with E-state index in [0.717, 1.165) is 0 Å². The summed E-state index contributed by atoms with van der Waals surface area (Å²) >= 11 is 5.21. The minimum Gasteiger partial charge on any atom is -0.395 e. The van der Waals surface area contributed by atoms with Crippen LogP contribution in [0.1, 0.15) is 6.92 Å². The molecule has 0 heterocycles. The van der Waals surface area contributed by atoms with E-state index in [1.54, 1.807) is 6.92 Å². The Morgan fingerprint density at radius 3 is 2.20 bits per heavy atom. The van der Waals surface area contributed by atoms with Gasteiger partial charge in [-0.3, -0.25) is 0 Å². The molecule has 2 heteroatoms. The molecule has 0 saturated carbocycles. The lowest BCUT2D eigenvalue weighted by molar-refractivity contribution is 0.298. The summed E-state index contributed by atoms with van der Waals surface area (Å²) in [6.45, 7) is 1.81. The van der Waals surface area contributed by atoms with Gasteiger partial charge >= 0.3 is 0 Å². The molecular weight excluding hydrogens is 87.5 g/mol. The summed E-state index contributed by atoms with van der Waals surface area (Å²) in [4.78, 5) is 0. The maximum Gasteiger partial charge on any atom is 0.0592 e. The average Bonchev–Trinajstić information content (AvgIpc) is 1.38. The Kier molecular flexibility index (Phi) is 2.61. The first-order chi connectivity index (χ1) is 2.27. The van der Waals surface area contributed by atoms with Crippen LogP contribution in [-0.2, 0) is 0 Å². The number of hydrogen-bond donors (Lipinski definition) is 1. The van der Waals surface area contributed by atoms with Gasteiger partial charge in [-0.25, -0.2) is 0 Å². The van der Waals surface area contributed by atoms with Crippen molar-refractivity contribution in [1.29, 1.82) is 0 Å². The topological polar surface area (TPSA) is 20.2 Å². The highest BCUT2D eigenvalue weighted by Crippen LogP contribution is 1.86. The van der Waals surface area contributed by atoms with Crippen LogP contribution in [0, 0.1) is 0 Å². The van der Waals surface area contributed by atoms with E-state index in [-0.39, 0.29) is 12.0 Å². The zero-order chi connectivity index (χ0) is 4.28. The summed E-state index contributed by atoms with van der Waals surface area (Å²) in [6.07, 6.45) is 0. The highest BCUT2D eigenvalue weighted by atomic mass is 35.5. The van der Waals surface area contributed by atoms with Crippen LogP contribution in [0.5, 0.6) is 0 Å². The number of aliphatic hydroxyl groups excluding tert-OH is 1. The predicted molar refractivity (Wildman–Crippen MR) is 22.4 cm³/mol. The van der Waals surface area contributed by atoms with Crippen molar-refractivity contribution in [2.45, 2.75) is 12.3 Å². The van der Waals surface area contributed by atoms with Crippen LogP contribution in [0.3, 0.4) is 0 Å². The average molecular weight is 94.5 g/mol. The van der Waals surface area contributed by atoms with E-state index in [9.17, 15) is 0 Å². The molecule has 32 valence electrons. The maximum atomic E-state index is 8.01. The fourth-order valence-electron chi connectivity index (χ4n) is 0. The van der Waals surface area contributed by atoms with Gasteiger partial charge in [0, 0.05) is 0 Å². The molecule has 0 aromatic heterocycles. The lowest BCUT2D eigenvalue weighted by Gasteiger charge is -1.87.